The van der Waals surface area contributed by atoms with Crippen LogP contribution in [0.25, 0.3) is 0 Å². The minimum atomic E-state index is -2.49. The van der Waals surface area contributed by atoms with Crippen molar-refractivity contribution in [1.29, 1.82) is 0 Å². The Morgan fingerprint density at radius 1 is 0.283 bits per heavy atom. The molecule has 7 aromatic rings. The molecule has 0 bridgehead atoms. The second-order valence-electron chi connectivity index (χ2n) is 10.8. The van der Waals surface area contributed by atoms with Gasteiger partial charge in [0.05, 0.1) is 8.81 Å². The first-order chi connectivity index (χ1) is 22.6. The molecule has 0 spiro atoms. The van der Waals surface area contributed by atoms with Gasteiger partial charge in [0.2, 0.25) is 0 Å². The van der Waals surface area contributed by atoms with Crippen molar-refractivity contribution in [2.75, 3.05) is 0 Å². The number of hydrogen-bond acceptors (Lipinski definition) is 0. The van der Waals surface area contributed by atoms with E-state index in [4.69, 9.17) is 33.7 Å². The minimum Gasteiger partial charge on any atom is -0.0622 e. The van der Waals surface area contributed by atoms with Crippen LogP contribution in [-0.4, -0.2) is 0 Å². The molecule has 6 aromatic carbocycles. The Hall–Kier alpha value is -2.31. The van der Waals surface area contributed by atoms with Crippen molar-refractivity contribution in [2.45, 2.75) is 0 Å². The van der Waals surface area contributed by atoms with E-state index in [9.17, 15) is 0 Å². The standard InChI is InChI=1S/C38H30Cl3P5/c39-42-37(45(31-19-7-1-8-20-31,32-21-9-2-10-22-32)33-23-11-3-12-24-33)43(40)44(41)38(42)46(34-25-13-4-14-26-34,35-27-15-5-16-28-35)36-29-17-6-18-30-36/h1-30H. The monoisotopic (exact) mass is 746 g/mol. The van der Waals surface area contributed by atoms with Crippen LogP contribution in [0.3, 0.4) is 0 Å². The van der Waals surface area contributed by atoms with Crippen LogP contribution < -0.4 is 31.8 Å². The lowest BCUT2D eigenvalue weighted by atomic mass is 10.4. The molecule has 228 valence electrons. The maximum atomic E-state index is 8.21. The Morgan fingerprint density at radius 2 is 0.457 bits per heavy atom. The lowest BCUT2D eigenvalue weighted by Gasteiger charge is -2.29. The van der Waals surface area contributed by atoms with E-state index in [0.29, 0.717) is 0 Å². The van der Waals surface area contributed by atoms with E-state index >= 15 is 0 Å². The topological polar surface area (TPSA) is 0 Å². The van der Waals surface area contributed by atoms with Crippen molar-refractivity contribution in [2.24, 2.45) is 0 Å². The highest BCUT2D eigenvalue weighted by atomic mass is 35.7. The molecule has 0 nitrogen and oxygen atoms in total. The highest BCUT2D eigenvalue weighted by Gasteiger charge is 2.35. The van der Waals surface area contributed by atoms with E-state index in [0.717, 1.165) is 0 Å². The predicted molar refractivity (Wildman–Crippen MR) is 215 cm³/mol. The molecule has 0 aliphatic rings. The van der Waals surface area contributed by atoms with Crippen LogP contribution in [0.5, 0.6) is 0 Å². The highest BCUT2D eigenvalue weighted by Crippen LogP contribution is 2.78. The molecule has 8 heteroatoms. The van der Waals surface area contributed by atoms with E-state index in [-0.39, 0.29) is 0 Å². The fourth-order valence-electron chi connectivity index (χ4n) is 6.40. The van der Waals surface area contributed by atoms with Crippen LogP contribution in [0.1, 0.15) is 0 Å². The van der Waals surface area contributed by atoms with Crippen molar-refractivity contribution in [3.05, 3.63) is 191 Å². The van der Waals surface area contributed by atoms with Gasteiger partial charge in [0.1, 0.15) is 0 Å². The van der Waals surface area contributed by atoms with Crippen LogP contribution in [0.15, 0.2) is 182 Å². The zero-order valence-electron chi connectivity index (χ0n) is 24.7. The molecule has 0 saturated heterocycles. The van der Waals surface area contributed by atoms with Crippen LogP contribution in [0.2, 0.25) is 0 Å². The zero-order chi connectivity index (χ0) is 31.6. The molecule has 0 radical (unpaired) electrons. The lowest BCUT2D eigenvalue weighted by molar-refractivity contribution is 1.73. The van der Waals surface area contributed by atoms with E-state index in [2.05, 4.69) is 182 Å². The molecule has 0 aliphatic carbocycles. The van der Waals surface area contributed by atoms with Crippen molar-refractivity contribution in [1.82, 2.24) is 0 Å². The van der Waals surface area contributed by atoms with Gasteiger partial charge in [0, 0.05) is 13.1 Å². The number of rotatable bonds is 6. The molecule has 0 fully saturated rings. The van der Waals surface area contributed by atoms with Crippen LogP contribution in [0, 0.1) is 8.81 Å². The molecule has 0 amide bonds. The first-order valence-electron chi connectivity index (χ1n) is 14.9. The van der Waals surface area contributed by atoms with Crippen molar-refractivity contribution in [3.63, 3.8) is 0 Å². The Balaban J connectivity index is 1.91. The molecular formula is C38H30Cl3P5. The number of hydrogen-bond donors (Lipinski definition) is 0. The molecule has 0 aliphatic heterocycles. The van der Waals surface area contributed by atoms with Gasteiger partial charge in [0.25, 0.3) is 0 Å². The van der Waals surface area contributed by atoms with Gasteiger partial charge in [-0.15, -0.1) is 0 Å². The van der Waals surface area contributed by atoms with Gasteiger partial charge in [-0.2, -0.15) is 0 Å². The van der Waals surface area contributed by atoms with Crippen molar-refractivity contribution >= 4 is 99.3 Å². The van der Waals surface area contributed by atoms with Gasteiger partial charge < -0.3 is 0 Å². The number of benzene rings is 6. The molecule has 0 saturated carbocycles. The smallest absolute Gasteiger partial charge is 0.0577 e. The summed E-state index contributed by atoms with van der Waals surface area (Å²) in [5.41, 5.74) is 0. The fraction of sp³-hybridized carbons (Fsp3) is 0. The average molecular weight is 748 g/mol. The largest absolute Gasteiger partial charge is 0.0622 e. The Bertz CT molecular complexity index is 1910. The summed E-state index contributed by atoms with van der Waals surface area (Å²) < 4.78 is 2.51. The zero-order valence-corrected chi connectivity index (χ0v) is 31.4. The molecular weight excluding hydrogens is 718 g/mol. The first kappa shape index (κ1) is 32.2. The Labute approximate surface area is 288 Å². The van der Waals surface area contributed by atoms with Gasteiger partial charge in [-0.25, -0.2) is 0 Å². The summed E-state index contributed by atoms with van der Waals surface area (Å²) in [5, 5.41) is 7.54. The SMILES string of the molecule is Clp1c(=P(c2ccccc2)(c2ccccc2)c2ccccc2)p(Cl)p(Cl)c1=P(c1ccccc1)(c1ccccc1)c1ccccc1. The molecule has 1 aromatic heterocycles. The molecule has 0 N–H and O–H groups in total. The van der Waals surface area contributed by atoms with Crippen LogP contribution in [0.4, 0.5) is 0 Å². The van der Waals surface area contributed by atoms with Crippen molar-refractivity contribution in [3.8, 4) is 0 Å². The number of halogens is 3. The second-order valence-corrected chi connectivity index (χ2v) is 29.8. The predicted octanol–water partition coefficient (Wildman–Crippen LogP) is 11.7. The van der Waals surface area contributed by atoms with Crippen LogP contribution in [-0.2, 0) is 0 Å². The Kier molecular flexibility index (Phi) is 9.84. The third-order valence-corrected chi connectivity index (χ3v) is 38.3. The normalized spacial score (nSPS) is 13.0. The third kappa shape index (κ3) is 5.34. The Morgan fingerprint density at radius 3 is 0.630 bits per heavy atom. The summed E-state index contributed by atoms with van der Waals surface area (Å²) in [6.45, 7) is -8.99. The van der Waals surface area contributed by atoms with E-state index in [1.807, 2.05) is 0 Å². The fourth-order valence-corrected chi connectivity index (χ4v) is 45.2. The minimum absolute atomic E-state index is 1.26. The maximum absolute atomic E-state index is 8.21. The highest BCUT2D eigenvalue weighted by molar-refractivity contribution is 8.36. The molecule has 46 heavy (non-hydrogen) atoms. The van der Waals surface area contributed by atoms with Gasteiger partial charge in [-0.1, -0.05) is 216 Å². The second kappa shape index (κ2) is 14.0. The van der Waals surface area contributed by atoms with Crippen LogP contribution >= 0.6 is 67.5 Å². The summed E-state index contributed by atoms with van der Waals surface area (Å²) in [6, 6.07) is 65.4. The molecule has 7 rings (SSSR count). The molecule has 2 atom stereocenters. The van der Waals surface area contributed by atoms with Gasteiger partial charge in [-0.05, 0) is 52.5 Å². The third-order valence-electron chi connectivity index (χ3n) is 8.30. The summed E-state index contributed by atoms with van der Waals surface area (Å²) in [5.74, 6) is 0. The van der Waals surface area contributed by atoms with Gasteiger partial charge >= 0.3 is 0 Å². The van der Waals surface area contributed by atoms with E-state index in [1.54, 1.807) is 0 Å². The van der Waals surface area contributed by atoms with Gasteiger partial charge in [-0.3, -0.25) is 0 Å². The average Bonchev–Trinajstić information content (AvgIpc) is 3.36. The summed E-state index contributed by atoms with van der Waals surface area (Å²) in [6.07, 6.45) is 0. The van der Waals surface area contributed by atoms with E-state index < -0.39 is 33.8 Å². The van der Waals surface area contributed by atoms with E-state index in [1.165, 1.54) is 40.6 Å². The lowest BCUT2D eigenvalue weighted by Crippen LogP contribution is -2.26. The van der Waals surface area contributed by atoms with Gasteiger partial charge in [0.15, 0.2) is 0 Å². The van der Waals surface area contributed by atoms with Crippen molar-refractivity contribution < 1.29 is 0 Å². The summed E-state index contributed by atoms with van der Waals surface area (Å²) >= 11 is 24.0. The summed E-state index contributed by atoms with van der Waals surface area (Å²) in [7, 11) is 0. The molecule has 1 heterocycles. The molecule has 2 unspecified atom stereocenters. The first-order valence-corrected chi connectivity index (χ1v) is 25.9. The quantitative estimate of drug-likeness (QED) is 0.149. The maximum Gasteiger partial charge on any atom is 0.0577 e. The summed E-state index contributed by atoms with van der Waals surface area (Å²) in [4.78, 5) is 0.